The van der Waals surface area contributed by atoms with E-state index in [1.165, 1.54) is 16.7 Å². The highest BCUT2D eigenvalue weighted by Crippen LogP contribution is 2.30. The summed E-state index contributed by atoms with van der Waals surface area (Å²) in [7, 11) is 0. The van der Waals surface area contributed by atoms with Crippen LogP contribution in [0.1, 0.15) is 26.3 Å². The van der Waals surface area contributed by atoms with Crippen LogP contribution in [-0.4, -0.2) is 21.2 Å². The van der Waals surface area contributed by atoms with Crippen LogP contribution in [0, 0.1) is 17.0 Å². The van der Waals surface area contributed by atoms with Gasteiger partial charge < -0.3 is 9.47 Å². The second-order valence-electron chi connectivity index (χ2n) is 7.20. The molecule has 27 heavy (non-hydrogen) atoms. The number of nitro groups is 1. The number of benzene rings is 2. The number of ether oxygens (including phenoxy) is 2. The summed E-state index contributed by atoms with van der Waals surface area (Å²) >= 11 is 0. The van der Waals surface area contributed by atoms with E-state index in [0.29, 0.717) is 22.6 Å². The number of carbonyl (C=O) groups excluding carboxylic acids is 1. The fourth-order valence-electron chi connectivity index (χ4n) is 2.63. The van der Waals surface area contributed by atoms with Gasteiger partial charge in [0.15, 0.2) is 0 Å². The Balaban J connectivity index is 1.92. The van der Waals surface area contributed by atoms with Crippen LogP contribution in [-0.2, 0) is 4.74 Å². The average molecular weight is 368 g/mol. The first-order valence-corrected chi connectivity index (χ1v) is 8.41. The number of aromatic nitrogens is 1. The van der Waals surface area contributed by atoms with Crippen LogP contribution in [0.5, 0.6) is 11.5 Å². The third-order valence-electron chi connectivity index (χ3n) is 3.85. The van der Waals surface area contributed by atoms with Gasteiger partial charge in [-0.1, -0.05) is 0 Å². The fraction of sp³-hybridized carbons (Fsp3) is 0.250. The second kappa shape index (κ2) is 6.75. The Kier molecular flexibility index (Phi) is 4.61. The highest BCUT2D eigenvalue weighted by molar-refractivity contribution is 5.90. The van der Waals surface area contributed by atoms with Crippen molar-refractivity contribution in [2.75, 3.05) is 0 Å². The molecule has 0 atom stereocenters. The van der Waals surface area contributed by atoms with Crippen LogP contribution in [0.2, 0.25) is 0 Å². The lowest BCUT2D eigenvalue weighted by Gasteiger charge is -2.19. The molecule has 3 rings (SSSR count). The van der Waals surface area contributed by atoms with Gasteiger partial charge in [-0.2, -0.15) is 0 Å². The Morgan fingerprint density at radius 1 is 1.11 bits per heavy atom. The average Bonchev–Trinajstić information content (AvgIpc) is 2.98. The number of non-ortho nitro benzene ring substituents is 1. The van der Waals surface area contributed by atoms with Gasteiger partial charge in [0.2, 0.25) is 0 Å². The lowest BCUT2D eigenvalue weighted by molar-refractivity contribution is -0.384. The molecule has 0 fully saturated rings. The predicted molar refractivity (Wildman–Crippen MR) is 101 cm³/mol. The van der Waals surface area contributed by atoms with E-state index in [1.807, 2.05) is 32.9 Å². The van der Waals surface area contributed by atoms with E-state index < -0.39 is 16.6 Å². The molecule has 3 aromatic rings. The largest absolute Gasteiger partial charge is 0.457 e. The molecule has 0 spiro atoms. The molecule has 1 heterocycles. The molecule has 0 unspecified atom stereocenters. The Bertz CT molecular complexity index is 1030. The third kappa shape index (κ3) is 4.08. The number of nitrogens with zero attached hydrogens (tertiary/aromatic N) is 2. The van der Waals surface area contributed by atoms with Crippen molar-refractivity contribution in [1.29, 1.82) is 0 Å². The monoisotopic (exact) mass is 368 g/mol. The van der Waals surface area contributed by atoms with Crippen molar-refractivity contribution in [3.8, 4) is 11.5 Å². The highest BCUT2D eigenvalue weighted by atomic mass is 16.6. The first kappa shape index (κ1) is 18.4. The number of nitro benzene ring substituents is 1. The summed E-state index contributed by atoms with van der Waals surface area (Å²) in [5.74, 6) is 1.03. The van der Waals surface area contributed by atoms with E-state index in [1.54, 1.807) is 31.3 Å². The van der Waals surface area contributed by atoms with E-state index in [0.717, 1.165) is 5.39 Å². The minimum Gasteiger partial charge on any atom is -0.457 e. The quantitative estimate of drug-likeness (QED) is 0.454. The Morgan fingerprint density at radius 2 is 1.85 bits per heavy atom. The molecule has 140 valence electrons. The minimum atomic E-state index is -0.600. The molecule has 0 radical (unpaired) electrons. The maximum atomic E-state index is 12.4. The third-order valence-corrected chi connectivity index (χ3v) is 3.85. The van der Waals surface area contributed by atoms with Crippen LogP contribution in [0.15, 0.2) is 48.7 Å². The number of rotatable bonds is 3. The van der Waals surface area contributed by atoms with Crippen molar-refractivity contribution in [1.82, 2.24) is 4.57 Å². The molecule has 0 saturated carbocycles. The van der Waals surface area contributed by atoms with Gasteiger partial charge in [-0.05, 0) is 57.5 Å². The molecule has 0 saturated heterocycles. The molecule has 0 N–H and O–H groups in total. The van der Waals surface area contributed by atoms with Crippen LogP contribution < -0.4 is 4.74 Å². The van der Waals surface area contributed by atoms with Crippen molar-refractivity contribution in [2.45, 2.75) is 33.3 Å². The summed E-state index contributed by atoms with van der Waals surface area (Å²) < 4.78 is 12.7. The second-order valence-corrected chi connectivity index (χ2v) is 7.20. The van der Waals surface area contributed by atoms with Crippen molar-refractivity contribution in [3.05, 3.63) is 64.3 Å². The summed E-state index contributed by atoms with van der Waals surface area (Å²) in [6.07, 6.45) is 1.18. The molecule has 7 nitrogen and oxygen atoms in total. The van der Waals surface area contributed by atoms with Crippen LogP contribution in [0.25, 0.3) is 10.9 Å². The molecule has 1 aromatic heterocycles. The van der Waals surface area contributed by atoms with E-state index in [4.69, 9.17) is 9.47 Å². The first-order valence-electron chi connectivity index (χ1n) is 8.41. The topological polar surface area (TPSA) is 83.6 Å². The van der Waals surface area contributed by atoms with Gasteiger partial charge in [0.05, 0.1) is 10.4 Å². The predicted octanol–water partition coefficient (Wildman–Crippen LogP) is 5.43. The Hall–Kier alpha value is -3.35. The smallest absolute Gasteiger partial charge is 0.418 e. The molecule has 0 aliphatic carbocycles. The maximum absolute atomic E-state index is 12.4. The van der Waals surface area contributed by atoms with Crippen LogP contribution in [0.3, 0.4) is 0 Å². The van der Waals surface area contributed by atoms with E-state index in [2.05, 4.69) is 0 Å². The summed E-state index contributed by atoms with van der Waals surface area (Å²) in [5, 5.41) is 11.7. The number of hydrogen-bond acceptors (Lipinski definition) is 5. The van der Waals surface area contributed by atoms with Gasteiger partial charge in [-0.25, -0.2) is 4.79 Å². The van der Waals surface area contributed by atoms with Crippen molar-refractivity contribution >= 4 is 22.7 Å². The van der Waals surface area contributed by atoms with Gasteiger partial charge in [0.1, 0.15) is 17.1 Å². The minimum absolute atomic E-state index is 0.00843. The lowest BCUT2D eigenvalue weighted by Crippen LogP contribution is -2.26. The van der Waals surface area contributed by atoms with Crippen LogP contribution >= 0.6 is 0 Å². The highest BCUT2D eigenvalue weighted by Gasteiger charge is 2.19. The zero-order valence-electron chi connectivity index (χ0n) is 15.6. The van der Waals surface area contributed by atoms with Gasteiger partial charge in [0.25, 0.3) is 5.69 Å². The number of fused-ring (bicyclic) bond motifs is 1. The molecule has 2 aromatic carbocycles. The Morgan fingerprint density at radius 3 is 2.48 bits per heavy atom. The maximum Gasteiger partial charge on any atom is 0.418 e. The Labute approximate surface area is 156 Å². The summed E-state index contributed by atoms with van der Waals surface area (Å²) in [4.78, 5) is 22.8. The van der Waals surface area contributed by atoms with Gasteiger partial charge >= 0.3 is 6.09 Å². The molecular weight excluding hydrogens is 348 g/mol. The normalized spacial score (nSPS) is 11.4. The number of hydrogen-bond donors (Lipinski definition) is 0. The zero-order valence-corrected chi connectivity index (χ0v) is 15.6. The SMILES string of the molecule is Cc1cc([N+](=O)[O-])ccc1Oc1ccc2ccn(C(=O)OC(C)(C)C)c2c1. The molecule has 0 bridgehead atoms. The van der Waals surface area contributed by atoms with E-state index >= 15 is 0 Å². The zero-order chi connectivity index (χ0) is 19.8. The van der Waals surface area contributed by atoms with E-state index in [9.17, 15) is 14.9 Å². The summed E-state index contributed by atoms with van der Waals surface area (Å²) in [5.41, 5.74) is 0.708. The number of carbonyl (C=O) groups is 1. The van der Waals surface area contributed by atoms with Crippen LogP contribution in [0.4, 0.5) is 10.5 Å². The van der Waals surface area contributed by atoms with Gasteiger partial charge in [-0.15, -0.1) is 0 Å². The fourth-order valence-corrected chi connectivity index (χ4v) is 2.63. The standard InChI is InChI=1S/C20H20N2O5/c1-13-11-15(22(24)25)6-8-18(13)26-16-7-5-14-9-10-21(17(14)12-16)19(23)27-20(2,3)4/h5-12H,1-4H3. The lowest BCUT2D eigenvalue weighted by atomic mass is 10.2. The first-order chi connectivity index (χ1) is 12.6. The van der Waals surface area contributed by atoms with Crippen molar-refractivity contribution in [2.24, 2.45) is 0 Å². The molecule has 7 heteroatoms. The van der Waals surface area contributed by atoms with Gasteiger partial charge in [0, 0.05) is 29.8 Å². The molecular formula is C20H20N2O5. The molecule has 0 aliphatic rings. The van der Waals surface area contributed by atoms with Crippen molar-refractivity contribution < 1.29 is 19.2 Å². The van der Waals surface area contributed by atoms with Crippen molar-refractivity contribution in [3.63, 3.8) is 0 Å². The van der Waals surface area contributed by atoms with Gasteiger partial charge in [-0.3, -0.25) is 14.7 Å². The number of aryl methyl sites for hydroxylation is 1. The summed E-state index contributed by atoms with van der Waals surface area (Å²) in [6, 6.07) is 11.6. The van der Waals surface area contributed by atoms with E-state index in [-0.39, 0.29) is 5.69 Å². The summed E-state index contributed by atoms with van der Waals surface area (Å²) in [6.45, 7) is 7.16. The molecule has 0 amide bonds. The molecule has 0 aliphatic heterocycles.